The van der Waals surface area contributed by atoms with E-state index in [1.807, 2.05) is 0 Å². The van der Waals surface area contributed by atoms with Gasteiger partial charge in [-0.1, -0.05) is 29.8 Å². The molecule has 0 heterocycles. The lowest BCUT2D eigenvalue weighted by Crippen LogP contribution is -2.19. The van der Waals surface area contributed by atoms with Gasteiger partial charge in [0.1, 0.15) is 0 Å². The van der Waals surface area contributed by atoms with Crippen molar-refractivity contribution in [1.29, 1.82) is 0 Å². The molecule has 0 unspecified atom stereocenters. The maximum Gasteiger partial charge on any atom is 0.305 e. The number of carbonyl (C=O) groups is 1. The van der Waals surface area contributed by atoms with E-state index < -0.39 is 0 Å². The van der Waals surface area contributed by atoms with Crippen LogP contribution in [-0.4, -0.2) is 26.2 Å². The monoisotopic (exact) mass is 235 g/mol. The minimum absolute atomic E-state index is 0.134. The Kier molecular flexibility index (Phi) is 6.33. The molecule has 3 nitrogen and oxygen atoms in total. The second kappa shape index (κ2) is 7.85. The van der Waals surface area contributed by atoms with Crippen LogP contribution in [0.25, 0.3) is 0 Å². The van der Waals surface area contributed by atoms with Crippen LogP contribution in [0.4, 0.5) is 0 Å². The number of methoxy groups -OCH3 is 1. The third-order valence-electron chi connectivity index (χ3n) is 2.67. The summed E-state index contributed by atoms with van der Waals surface area (Å²) in [7, 11) is 1.42. The maximum absolute atomic E-state index is 10.8. The number of nitrogens with one attached hydrogen (secondary N) is 1. The van der Waals surface area contributed by atoms with E-state index in [4.69, 9.17) is 0 Å². The van der Waals surface area contributed by atoms with Crippen LogP contribution in [0, 0.1) is 6.92 Å². The zero-order valence-corrected chi connectivity index (χ0v) is 10.7. The van der Waals surface area contributed by atoms with Crippen LogP contribution in [0.3, 0.4) is 0 Å². The van der Waals surface area contributed by atoms with Crippen LogP contribution >= 0.6 is 0 Å². The zero-order chi connectivity index (χ0) is 12.5. The third-order valence-corrected chi connectivity index (χ3v) is 2.67. The average molecular weight is 235 g/mol. The second-order valence-electron chi connectivity index (χ2n) is 4.17. The van der Waals surface area contributed by atoms with E-state index in [9.17, 15) is 4.79 Å². The lowest BCUT2D eigenvalue weighted by molar-refractivity contribution is -0.140. The Morgan fingerprint density at radius 1 is 1.24 bits per heavy atom. The van der Waals surface area contributed by atoms with Crippen LogP contribution < -0.4 is 5.32 Å². The molecule has 0 spiro atoms. The van der Waals surface area contributed by atoms with Crippen molar-refractivity contribution in [2.24, 2.45) is 0 Å². The van der Waals surface area contributed by atoms with Gasteiger partial charge in [-0.3, -0.25) is 4.79 Å². The largest absolute Gasteiger partial charge is 0.469 e. The van der Waals surface area contributed by atoms with Crippen LogP contribution in [0.2, 0.25) is 0 Å². The molecule has 1 aromatic carbocycles. The van der Waals surface area contributed by atoms with Crippen molar-refractivity contribution >= 4 is 5.97 Å². The minimum Gasteiger partial charge on any atom is -0.469 e. The van der Waals surface area contributed by atoms with Gasteiger partial charge in [0, 0.05) is 6.42 Å². The first-order chi connectivity index (χ1) is 8.22. The molecular weight excluding hydrogens is 214 g/mol. The highest BCUT2D eigenvalue weighted by Gasteiger charge is 1.98. The Balaban J connectivity index is 2.04. The van der Waals surface area contributed by atoms with Gasteiger partial charge in [0.05, 0.1) is 7.11 Å². The Bertz CT molecular complexity index is 333. The number of carbonyl (C=O) groups excluding carboxylic acids is 1. The standard InChI is InChI=1S/C14H21NO2/c1-12-5-7-13(8-6-12)9-11-15-10-3-4-14(16)17-2/h5-8,15H,3-4,9-11H2,1-2H3. The smallest absolute Gasteiger partial charge is 0.305 e. The summed E-state index contributed by atoms with van der Waals surface area (Å²) in [5.74, 6) is -0.134. The number of ether oxygens (including phenoxy) is 1. The molecule has 0 saturated heterocycles. The van der Waals surface area contributed by atoms with E-state index in [-0.39, 0.29) is 5.97 Å². The maximum atomic E-state index is 10.8. The Morgan fingerprint density at radius 3 is 2.59 bits per heavy atom. The topological polar surface area (TPSA) is 38.3 Å². The molecule has 0 aliphatic heterocycles. The molecule has 94 valence electrons. The molecule has 1 aromatic rings. The number of hydrogen-bond donors (Lipinski definition) is 1. The summed E-state index contributed by atoms with van der Waals surface area (Å²) in [4.78, 5) is 10.8. The fourth-order valence-corrected chi connectivity index (χ4v) is 1.57. The van der Waals surface area contributed by atoms with Crippen molar-refractivity contribution in [3.8, 4) is 0 Å². The van der Waals surface area contributed by atoms with Crippen molar-refractivity contribution in [2.75, 3.05) is 20.2 Å². The highest BCUT2D eigenvalue weighted by molar-refractivity contribution is 5.69. The van der Waals surface area contributed by atoms with Gasteiger partial charge in [0.25, 0.3) is 0 Å². The molecule has 0 aliphatic carbocycles. The number of aryl methyl sites for hydroxylation is 1. The highest BCUT2D eigenvalue weighted by atomic mass is 16.5. The molecule has 1 rings (SSSR count). The molecule has 0 amide bonds. The van der Waals surface area contributed by atoms with E-state index >= 15 is 0 Å². The van der Waals surface area contributed by atoms with Crippen LogP contribution in [0.1, 0.15) is 24.0 Å². The van der Waals surface area contributed by atoms with Crippen molar-refractivity contribution < 1.29 is 9.53 Å². The van der Waals surface area contributed by atoms with Crippen LogP contribution in [-0.2, 0) is 16.0 Å². The van der Waals surface area contributed by atoms with Crippen molar-refractivity contribution in [1.82, 2.24) is 5.32 Å². The second-order valence-corrected chi connectivity index (χ2v) is 4.17. The van der Waals surface area contributed by atoms with Crippen molar-refractivity contribution in [3.05, 3.63) is 35.4 Å². The molecular formula is C14H21NO2. The van der Waals surface area contributed by atoms with E-state index in [2.05, 4.69) is 41.2 Å². The van der Waals surface area contributed by atoms with E-state index in [1.165, 1.54) is 18.2 Å². The zero-order valence-electron chi connectivity index (χ0n) is 10.7. The predicted octanol–water partition coefficient (Wildman–Crippen LogP) is 2.08. The van der Waals surface area contributed by atoms with Gasteiger partial charge in [-0.15, -0.1) is 0 Å². The molecule has 0 fully saturated rings. The van der Waals surface area contributed by atoms with Gasteiger partial charge in [-0.2, -0.15) is 0 Å². The number of hydrogen-bond acceptors (Lipinski definition) is 3. The lowest BCUT2D eigenvalue weighted by Gasteiger charge is -2.05. The summed E-state index contributed by atoms with van der Waals surface area (Å²) < 4.78 is 4.57. The Morgan fingerprint density at radius 2 is 1.94 bits per heavy atom. The molecule has 0 bridgehead atoms. The van der Waals surface area contributed by atoms with Crippen molar-refractivity contribution in [2.45, 2.75) is 26.2 Å². The van der Waals surface area contributed by atoms with Gasteiger partial charge in [-0.25, -0.2) is 0 Å². The van der Waals surface area contributed by atoms with Gasteiger partial charge >= 0.3 is 5.97 Å². The summed E-state index contributed by atoms with van der Waals surface area (Å²) in [6, 6.07) is 8.58. The quantitative estimate of drug-likeness (QED) is 0.581. The SMILES string of the molecule is COC(=O)CCCNCCc1ccc(C)cc1. The molecule has 0 saturated carbocycles. The lowest BCUT2D eigenvalue weighted by atomic mass is 10.1. The minimum atomic E-state index is -0.134. The molecule has 3 heteroatoms. The summed E-state index contributed by atoms with van der Waals surface area (Å²) in [5, 5.41) is 3.32. The first-order valence-electron chi connectivity index (χ1n) is 6.05. The summed E-state index contributed by atoms with van der Waals surface area (Å²) in [5.41, 5.74) is 2.64. The molecule has 17 heavy (non-hydrogen) atoms. The fourth-order valence-electron chi connectivity index (χ4n) is 1.57. The summed E-state index contributed by atoms with van der Waals surface area (Å²) in [6.07, 6.45) is 2.35. The molecule has 0 aliphatic rings. The Hall–Kier alpha value is -1.35. The predicted molar refractivity (Wildman–Crippen MR) is 69.0 cm³/mol. The molecule has 0 radical (unpaired) electrons. The third kappa shape index (κ3) is 6.07. The molecule has 0 aromatic heterocycles. The highest BCUT2D eigenvalue weighted by Crippen LogP contribution is 2.03. The first-order valence-corrected chi connectivity index (χ1v) is 6.05. The average Bonchev–Trinajstić information content (AvgIpc) is 2.35. The van der Waals surface area contributed by atoms with Gasteiger partial charge in [0.2, 0.25) is 0 Å². The van der Waals surface area contributed by atoms with Gasteiger partial charge in [0.15, 0.2) is 0 Å². The van der Waals surface area contributed by atoms with Crippen LogP contribution in [0.15, 0.2) is 24.3 Å². The van der Waals surface area contributed by atoms with Crippen molar-refractivity contribution in [3.63, 3.8) is 0 Å². The first kappa shape index (κ1) is 13.7. The molecule has 0 atom stereocenters. The van der Waals surface area contributed by atoms with Crippen LogP contribution in [0.5, 0.6) is 0 Å². The number of benzene rings is 1. The van der Waals surface area contributed by atoms with E-state index in [1.54, 1.807) is 0 Å². The normalized spacial score (nSPS) is 10.2. The molecule has 1 N–H and O–H groups in total. The summed E-state index contributed by atoms with van der Waals surface area (Å²) in [6.45, 7) is 3.90. The van der Waals surface area contributed by atoms with E-state index in [0.29, 0.717) is 6.42 Å². The number of esters is 1. The number of rotatable bonds is 7. The van der Waals surface area contributed by atoms with Gasteiger partial charge < -0.3 is 10.1 Å². The van der Waals surface area contributed by atoms with Gasteiger partial charge in [-0.05, 0) is 38.4 Å². The van der Waals surface area contributed by atoms with E-state index in [0.717, 1.165) is 25.9 Å². The fraction of sp³-hybridized carbons (Fsp3) is 0.500. The summed E-state index contributed by atoms with van der Waals surface area (Å²) >= 11 is 0. The Labute approximate surface area is 103 Å².